The molecule has 6 heteroatoms. The summed E-state index contributed by atoms with van der Waals surface area (Å²) in [5, 5.41) is 4.36. The molecule has 0 saturated carbocycles. The summed E-state index contributed by atoms with van der Waals surface area (Å²) in [5.74, 6) is 0.689. The zero-order valence-electron chi connectivity index (χ0n) is 15.5. The Hall–Kier alpha value is -2.76. The average Bonchev–Trinajstić information content (AvgIpc) is 2.87. The van der Waals surface area contributed by atoms with Crippen LogP contribution in [0.15, 0.2) is 39.2 Å². The number of hydrogen-bond donors (Lipinski definition) is 0. The molecule has 0 N–H and O–H groups in total. The predicted octanol–water partition coefficient (Wildman–Crippen LogP) is 3.10. The lowest BCUT2D eigenvalue weighted by Gasteiger charge is -2.12. The molecule has 0 radical (unpaired) electrons. The van der Waals surface area contributed by atoms with Crippen molar-refractivity contribution >= 4 is 22.8 Å². The number of rotatable bonds is 3. The Morgan fingerprint density at radius 1 is 1.12 bits per heavy atom. The molecular formula is C19H23N5O. The molecule has 0 bridgehead atoms. The largest absolute Gasteiger partial charge is 0.378 e. The highest BCUT2D eigenvalue weighted by Gasteiger charge is 2.26. The summed E-state index contributed by atoms with van der Waals surface area (Å²) >= 11 is 0. The molecule has 1 aromatic carbocycles. The van der Waals surface area contributed by atoms with Crippen molar-refractivity contribution in [2.45, 2.75) is 33.6 Å². The number of aromatic nitrogens is 2. The SMILES string of the molecule is CC1=Nn2c(nc(C(C)C)c(C)c2=O)C1=Nc1ccc(N(C)C)cc1. The van der Waals surface area contributed by atoms with Gasteiger partial charge in [-0.25, -0.2) is 9.98 Å². The Labute approximate surface area is 147 Å². The van der Waals surface area contributed by atoms with Gasteiger partial charge >= 0.3 is 0 Å². The van der Waals surface area contributed by atoms with Crippen LogP contribution in [0.2, 0.25) is 0 Å². The lowest BCUT2D eigenvalue weighted by Crippen LogP contribution is -2.26. The van der Waals surface area contributed by atoms with Crippen LogP contribution < -0.4 is 10.5 Å². The molecule has 2 aromatic rings. The number of hydrogen-bond acceptors (Lipinski definition) is 5. The highest BCUT2D eigenvalue weighted by Crippen LogP contribution is 2.22. The van der Waals surface area contributed by atoms with Crippen LogP contribution in [0.4, 0.5) is 11.4 Å². The maximum Gasteiger partial charge on any atom is 0.277 e. The van der Waals surface area contributed by atoms with E-state index in [9.17, 15) is 4.79 Å². The number of nitrogens with zero attached hydrogens (tertiary/aromatic N) is 5. The zero-order valence-corrected chi connectivity index (χ0v) is 15.5. The Bertz CT molecular complexity index is 934. The molecule has 2 heterocycles. The fourth-order valence-corrected chi connectivity index (χ4v) is 2.86. The van der Waals surface area contributed by atoms with Crippen molar-refractivity contribution < 1.29 is 0 Å². The van der Waals surface area contributed by atoms with E-state index in [4.69, 9.17) is 9.98 Å². The van der Waals surface area contributed by atoms with E-state index in [-0.39, 0.29) is 11.5 Å². The quantitative estimate of drug-likeness (QED) is 0.864. The highest BCUT2D eigenvalue weighted by atomic mass is 16.1. The summed E-state index contributed by atoms with van der Waals surface area (Å²) in [4.78, 5) is 24.0. The second-order valence-electron chi connectivity index (χ2n) is 6.77. The molecule has 0 spiro atoms. The van der Waals surface area contributed by atoms with Crippen molar-refractivity contribution in [3.63, 3.8) is 0 Å². The number of anilines is 1. The van der Waals surface area contributed by atoms with Crippen molar-refractivity contribution in [1.82, 2.24) is 9.66 Å². The van der Waals surface area contributed by atoms with Crippen molar-refractivity contribution in [1.29, 1.82) is 0 Å². The molecule has 130 valence electrons. The molecule has 25 heavy (non-hydrogen) atoms. The maximum absolute atomic E-state index is 12.6. The Morgan fingerprint density at radius 3 is 2.32 bits per heavy atom. The normalized spacial score (nSPS) is 14.8. The number of fused-ring (bicyclic) bond motifs is 1. The van der Waals surface area contributed by atoms with Gasteiger partial charge in [0.1, 0.15) is 5.71 Å². The predicted molar refractivity (Wildman–Crippen MR) is 103 cm³/mol. The van der Waals surface area contributed by atoms with Gasteiger partial charge in [0, 0.05) is 25.3 Å². The summed E-state index contributed by atoms with van der Waals surface area (Å²) in [5.41, 5.74) is 4.58. The monoisotopic (exact) mass is 337 g/mol. The van der Waals surface area contributed by atoms with Gasteiger partial charge in [0.15, 0.2) is 5.82 Å². The molecule has 0 atom stereocenters. The van der Waals surface area contributed by atoms with Crippen LogP contribution in [-0.4, -0.2) is 35.2 Å². The molecule has 1 aliphatic heterocycles. The van der Waals surface area contributed by atoms with Gasteiger partial charge < -0.3 is 4.90 Å². The first kappa shape index (κ1) is 17.1. The number of benzene rings is 1. The van der Waals surface area contributed by atoms with Gasteiger partial charge in [0.2, 0.25) is 0 Å². The minimum atomic E-state index is -0.124. The van der Waals surface area contributed by atoms with E-state index in [1.807, 2.05) is 64.0 Å². The molecule has 0 amide bonds. The first-order chi connectivity index (χ1) is 11.8. The van der Waals surface area contributed by atoms with Gasteiger partial charge in [-0.2, -0.15) is 9.78 Å². The fourth-order valence-electron chi connectivity index (χ4n) is 2.86. The van der Waals surface area contributed by atoms with Crippen molar-refractivity contribution in [2.75, 3.05) is 19.0 Å². The van der Waals surface area contributed by atoms with Crippen molar-refractivity contribution in [2.24, 2.45) is 10.1 Å². The van der Waals surface area contributed by atoms with Crippen LogP contribution in [0.25, 0.3) is 0 Å². The van der Waals surface area contributed by atoms with E-state index in [2.05, 4.69) is 5.10 Å². The van der Waals surface area contributed by atoms with E-state index in [0.29, 0.717) is 22.8 Å². The molecule has 1 aliphatic rings. The summed E-state index contributed by atoms with van der Waals surface area (Å²) in [6.45, 7) is 7.72. The van der Waals surface area contributed by atoms with Crippen LogP contribution in [0.5, 0.6) is 0 Å². The molecular weight excluding hydrogens is 314 g/mol. The Kier molecular flexibility index (Phi) is 4.29. The van der Waals surface area contributed by atoms with Crippen LogP contribution in [0.3, 0.4) is 0 Å². The first-order valence-corrected chi connectivity index (χ1v) is 8.35. The second kappa shape index (κ2) is 6.27. The minimum absolute atomic E-state index is 0.124. The smallest absolute Gasteiger partial charge is 0.277 e. The van der Waals surface area contributed by atoms with Crippen molar-refractivity contribution in [3.05, 3.63) is 51.7 Å². The van der Waals surface area contributed by atoms with Crippen LogP contribution in [-0.2, 0) is 0 Å². The van der Waals surface area contributed by atoms with Gasteiger partial charge in [-0.1, -0.05) is 13.8 Å². The zero-order chi connectivity index (χ0) is 18.3. The standard InChI is InChI=1S/C19H23N5O/c1-11(2)16-12(3)19(25)24-18(21-16)17(13(4)22-24)20-14-7-9-15(10-8-14)23(5)6/h7-11H,1-6H3. The lowest BCUT2D eigenvalue weighted by molar-refractivity contribution is 0.729. The molecule has 6 nitrogen and oxygen atoms in total. The third-order valence-corrected chi connectivity index (χ3v) is 4.28. The molecule has 0 fully saturated rings. The number of aliphatic imine (C=N–C) groups is 1. The van der Waals surface area contributed by atoms with Gasteiger partial charge in [0.25, 0.3) is 5.56 Å². The second-order valence-corrected chi connectivity index (χ2v) is 6.77. The Balaban J connectivity index is 2.12. The topological polar surface area (TPSA) is 62.9 Å². The first-order valence-electron chi connectivity index (χ1n) is 8.35. The highest BCUT2D eigenvalue weighted by molar-refractivity contribution is 6.48. The minimum Gasteiger partial charge on any atom is -0.378 e. The lowest BCUT2D eigenvalue weighted by atomic mass is 10.1. The van der Waals surface area contributed by atoms with E-state index in [0.717, 1.165) is 17.1 Å². The van der Waals surface area contributed by atoms with E-state index >= 15 is 0 Å². The van der Waals surface area contributed by atoms with E-state index < -0.39 is 0 Å². The fraction of sp³-hybridized carbons (Fsp3) is 0.368. The molecule has 3 rings (SSSR count). The average molecular weight is 337 g/mol. The van der Waals surface area contributed by atoms with Gasteiger partial charge in [-0.3, -0.25) is 4.79 Å². The Morgan fingerprint density at radius 2 is 1.76 bits per heavy atom. The summed E-state index contributed by atoms with van der Waals surface area (Å²) in [6.07, 6.45) is 0. The van der Waals surface area contributed by atoms with E-state index in [1.54, 1.807) is 6.92 Å². The summed E-state index contributed by atoms with van der Waals surface area (Å²) < 4.78 is 1.36. The van der Waals surface area contributed by atoms with E-state index in [1.165, 1.54) is 4.68 Å². The third kappa shape index (κ3) is 2.99. The molecule has 0 aliphatic carbocycles. The molecule has 1 aromatic heterocycles. The summed E-state index contributed by atoms with van der Waals surface area (Å²) in [7, 11) is 3.99. The van der Waals surface area contributed by atoms with Crippen LogP contribution in [0.1, 0.15) is 43.8 Å². The van der Waals surface area contributed by atoms with Gasteiger partial charge in [0.05, 0.1) is 17.1 Å². The molecule has 0 unspecified atom stereocenters. The van der Waals surface area contributed by atoms with Crippen LogP contribution >= 0.6 is 0 Å². The van der Waals surface area contributed by atoms with Crippen LogP contribution in [0, 0.1) is 6.92 Å². The van der Waals surface area contributed by atoms with Crippen molar-refractivity contribution in [3.8, 4) is 0 Å². The maximum atomic E-state index is 12.6. The summed E-state index contributed by atoms with van der Waals surface area (Å²) in [6, 6.07) is 7.92. The van der Waals surface area contributed by atoms with Gasteiger partial charge in [-0.15, -0.1) is 0 Å². The third-order valence-electron chi connectivity index (χ3n) is 4.28. The van der Waals surface area contributed by atoms with Gasteiger partial charge in [-0.05, 0) is 44.0 Å². The molecule has 0 saturated heterocycles.